The van der Waals surface area contributed by atoms with Crippen LogP contribution in [0.4, 0.5) is 0 Å². The van der Waals surface area contributed by atoms with Crippen LogP contribution >= 0.6 is 11.8 Å². The highest BCUT2D eigenvalue weighted by molar-refractivity contribution is 7.98. The smallest absolute Gasteiger partial charge is 0.247 e. The predicted molar refractivity (Wildman–Crippen MR) is 78.9 cm³/mol. The third kappa shape index (κ3) is 2.89. The molecule has 0 amide bonds. The van der Waals surface area contributed by atoms with Gasteiger partial charge in [-0.3, -0.25) is 0 Å². The van der Waals surface area contributed by atoms with Gasteiger partial charge >= 0.3 is 0 Å². The molecule has 1 aromatic carbocycles. The van der Waals surface area contributed by atoms with Crippen molar-refractivity contribution in [1.82, 2.24) is 25.1 Å². The van der Waals surface area contributed by atoms with Gasteiger partial charge < -0.3 is 10.3 Å². The van der Waals surface area contributed by atoms with Crippen molar-refractivity contribution in [1.29, 1.82) is 0 Å². The lowest BCUT2D eigenvalue weighted by Crippen LogP contribution is -2.11. The highest BCUT2D eigenvalue weighted by atomic mass is 32.2. The molecule has 2 heterocycles. The molecule has 2 aromatic heterocycles. The van der Waals surface area contributed by atoms with Crippen molar-refractivity contribution in [2.75, 3.05) is 5.84 Å². The second-order valence-electron chi connectivity index (χ2n) is 4.56. The van der Waals surface area contributed by atoms with Crippen molar-refractivity contribution in [3.8, 4) is 11.5 Å². The van der Waals surface area contributed by atoms with Crippen LogP contribution in [0.1, 0.15) is 17.3 Å². The summed E-state index contributed by atoms with van der Waals surface area (Å²) in [6.07, 6.45) is 0. The minimum atomic E-state index is 0.494. The summed E-state index contributed by atoms with van der Waals surface area (Å²) in [5, 5.41) is 16.6. The molecule has 21 heavy (non-hydrogen) atoms. The van der Waals surface area contributed by atoms with Crippen LogP contribution in [0.25, 0.3) is 11.5 Å². The molecule has 0 saturated heterocycles. The molecule has 0 saturated carbocycles. The molecule has 2 N–H and O–H groups in total. The first-order chi connectivity index (χ1) is 10.1. The number of nitrogens with zero attached hydrogens (tertiary/aromatic N) is 5. The van der Waals surface area contributed by atoms with Crippen LogP contribution in [-0.4, -0.2) is 25.1 Å². The fraction of sp³-hybridized carbons (Fsp3) is 0.231. The molecular weight excluding hydrogens is 288 g/mol. The van der Waals surface area contributed by atoms with Crippen LogP contribution in [0, 0.1) is 13.8 Å². The van der Waals surface area contributed by atoms with Gasteiger partial charge in [0.15, 0.2) is 0 Å². The van der Waals surface area contributed by atoms with E-state index in [-0.39, 0.29) is 0 Å². The Labute approximate surface area is 125 Å². The molecule has 0 bridgehead atoms. The lowest BCUT2D eigenvalue weighted by molar-refractivity contribution is 0.528. The van der Waals surface area contributed by atoms with E-state index in [2.05, 4.69) is 20.4 Å². The number of rotatable bonds is 4. The van der Waals surface area contributed by atoms with Crippen LogP contribution in [0.2, 0.25) is 0 Å². The van der Waals surface area contributed by atoms with Crippen molar-refractivity contribution in [3.05, 3.63) is 41.5 Å². The van der Waals surface area contributed by atoms with Gasteiger partial charge in [0.05, 0.1) is 5.75 Å². The number of hydrogen-bond acceptors (Lipinski definition) is 7. The van der Waals surface area contributed by atoms with E-state index in [1.807, 2.05) is 31.2 Å². The number of benzene rings is 1. The largest absolute Gasteiger partial charge is 0.420 e. The van der Waals surface area contributed by atoms with Gasteiger partial charge in [-0.15, -0.1) is 20.4 Å². The fourth-order valence-corrected chi connectivity index (χ4v) is 2.44. The number of hydrogen-bond donors (Lipinski definition) is 1. The molecule has 7 nitrogen and oxygen atoms in total. The summed E-state index contributed by atoms with van der Waals surface area (Å²) >= 11 is 1.40. The lowest BCUT2D eigenvalue weighted by atomic mass is 10.1. The summed E-state index contributed by atoms with van der Waals surface area (Å²) in [6, 6.07) is 7.93. The molecule has 0 radical (unpaired) electrons. The molecule has 0 aliphatic carbocycles. The number of aryl methyl sites for hydroxylation is 2. The van der Waals surface area contributed by atoms with Crippen LogP contribution in [0.15, 0.2) is 33.8 Å². The molecule has 0 atom stereocenters. The van der Waals surface area contributed by atoms with Crippen molar-refractivity contribution < 1.29 is 4.42 Å². The van der Waals surface area contributed by atoms with Gasteiger partial charge in [0.25, 0.3) is 0 Å². The highest BCUT2D eigenvalue weighted by Gasteiger charge is 2.11. The van der Waals surface area contributed by atoms with Crippen LogP contribution in [-0.2, 0) is 5.75 Å². The number of thioether (sulfide) groups is 1. The van der Waals surface area contributed by atoms with E-state index >= 15 is 0 Å². The first kappa shape index (κ1) is 13.6. The Morgan fingerprint density at radius 2 is 1.86 bits per heavy atom. The zero-order chi connectivity index (χ0) is 14.8. The summed E-state index contributed by atoms with van der Waals surface area (Å²) in [6.45, 7) is 3.82. The van der Waals surface area contributed by atoms with Crippen molar-refractivity contribution in [3.63, 3.8) is 0 Å². The molecule has 0 aliphatic rings. The van der Waals surface area contributed by atoms with Gasteiger partial charge in [-0.05, 0) is 26.0 Å². The van der Waals surface area contributed by atoms with E-state index in [1.54, 1.807) is 6.92 Å². The van der Waals surface area contributed by atoms with Crippen LogP contribution in [0.5, 0.6) is 0 Å². The molecule has 0 unspecified atom stereocenters. The zero-order valence-electron chi connectivity index (χ0n) is 11.6. The Morgan fingerprint density at radius 3 is 2.52 bits per heavy atom. The van der Waals surface area contributed by atoms with E-state index in [1.165, 1.54) is 22.0 Å². The maximum atomic E-state index is 5.78. The average molecular weight is 302 g/mol. The number of aromatic nitrogens is 5. The molecule has 0 spiro atoms. The Bertz CT molecular complexity index is 748. The summed E-state index contributed by atoms with van der Waals surface area (Å²) in [7, 11) is 0. The van der Waals surface area contributed by atoms with Crippen LogP contribution in [0.3, 0.4) is 0 Å². The molecular formula is C13H14N6OS. The van der Waals surface area contributed by atoms with Crippen molar-refractivity contribution in [2.45, 2.75) is 24.8 Å². The average Bonchev–Trinajstić information content (AvgIpc) is 3.07. The summed E-state index contributed by atoms with van der Waals surface area (Å²) in [5.41, 5.74) is 2.09. The first-order valence-electron chi connectivity index (χ1n) is 6.33. The van der Waals surface area contributed by atoms with E-state index in [9.17, 15) is 0 Å². The van der Waals surface area contributed by atoms with Gasteiger partial charge in [0.1, 0.15) is 5.82 Å². The Hall–Kier alpha value is -2.35. The van der Waals surface area contributed by atoms with Gasteiger partial charge in [-0.25, -0.2) is 4.68 Å². The molecule has 108 valence electrons. The maximum absolute atomic E-state index is 5.78. The van der Waals surface area contributed by atoms with E-state index in [0.29, 0.717) is 28.5 Å². The van der Waals surface area contributed by atoms with Gasteiger partial charge in [0.2, 0.25) is 16.9 Å². The Morgan fingerprint density at radius 1 is 1.10 bits per heavy atom. The summed E-state index contributed by atoms with van der Waals surface area (Å²) in [5.74, 6) is 7.97. The molecule has 0 fully saturated rings. The van der Waals surface area contributed by atoms with Gasteiger partial charge in [0, 0.05) is 5.56 Å². The minimum Gasteiger partial charge on any atom is -0.420 e. The van der Waals surface area contributed by atoms with Crippen molar-refractivity contribution >= 4 is 11.8 Å². The first-order valence-corrected chi connectivity index (χ1v) is 7.31. The molecule has 3 rings (SSSR count). The predicted octanol–water partition coefficient (Wildman–Crippen LogP) is 1.95. The summed E-state index contributed by atoms with van der Waals surface area (Å²) in [4.78, 5) is 0. The minimum absolute atomic E-state index is 0.494. The summed E-state index contributed by atoms with van der Waals surface area (Å²) < 4.78 is 7.07. The van der Waals surface area contributed by atoms with E-state index < -0.39 is 0 Å². The molecule has 0 aliphatic heterocycles. The lowest BCUT2D eigenvalue weighted by Gasteiger charge is -1.98. The van der Waals surface area contributed by atoms with E-state index in [0.717, 1.165) is 5.56 Å². The monoisotopic (exact) mass is 302 g/mol. The number of nitrogen functional groups attached to an aromatic ring is 1. The third-order valence-corrected chi connectivity index (χ3v) is 3.85. The normalized spacial score (nSPS) is 11.0. The SMILES string of the molecule is Cc1ccc(-c2nnc(CSc3nnc(C)n3N)o2)cc1. The Balaban J connectivity index is 1.70. The quantitative estimate of drug-likeness (QED) is 0.581. The Kier molecular flexibility index (Phi) is 3.61. The second-order valence-corrected chi connectivity index (χ2v) is 5.50. The maximum Gasteiger partial charge on any atom is 0.247 e. The standard InChI is InChI=1S/C13H14N6OS/c1-8-3-5-10(6-4-8)12-17-16-11(20-12)7-21-13-18-15-9(2)19(13)14/h3-6H,7,14H2,1-2H3. The van der Waals surface area contributed by atoms with Crippen LogP contribution < -0.4 is 5.84 Å². The second kappa shape index (κ2) is 5.57. The fourth-order valence-electron chi connectivity index (χ4n) is 1.70. The molecule has 3 aromatic rings. The zero-order valence-corrected chi connectivity index (χ0v) is 12.5. The molecule has 8 heteroatoms. The topological polar surface area (TPSA) is 95.7 Å². The van der Waals surface area contributed by atoms with Crippen molar-refractivity contribution in [2.24, 2.45) is 0 Å². The van der Waals surface area contributed by atoms with Gasteiger partial charge in [-0.1, -0.05) is 29.5 Å². The number of nitrogens with two attached hydrogens (primary N) is 1. The van der Waals surface area contributed by atoms with E-state index in [4.69, 9.17) is 10.3 Å². The highest BCUT2D eigenvalue weighted by Crippen LogP contribution is 2.23. The van der Waals surface area contributed by atoms with Gasteiger partial charge in [-0.2, -0.15) is 0 Å². The third-order valence-electron chi connectivity index (χ3n) is 2.93.